The van der Waals surface area contributed by atoms with Crippen LogP contribution in [0.5, 0.6) is 0 Å². The lowest BCUT2D eigenvalue weighted by Gasteiger charge is -2.42. The Kier molecular flexibility index (Phi) is 4.07. The molecule has 4 heteroatoms. The lowest BCUT2D eigenvalue weighted by atomic mass is 9.76. The Morgan fingerprint density at radius 2 is 2.00 bits per heavy atom. The fourth-order valence-corrected chi connectivity index (χ4v) is 3.36. The van der Waals surface area contributed by atoms with Crippen molar-refractivity contribution in [2.24, 2.45) is 0 Å². The fourth-order valence-electron chi connectivity index (χ4n) is 2.42. The van der Waals surface area contributed by atoms with E-state index < -0.39 is 11.6 Å². The van der Waals surface area contributed by atoms with E-state index >= 15 is 0 Å². The number of hydrogen-bond donors (Lipinski definition) is 0. The van der Waals surface area contributed by atoms with E-state index in [1.807, 2.05) is 0 Å². The number of ether oxygens (including phenoxy) is 1. The van der Waals surface area contributed by atoms with Crippen molar-refractivity contribution < 1.29 is 13.5 Å². The molecule has 18 heavy (non-hydrogen) atoms. The second-order valence-electron chi connectivity index (χ2n) is 5.04. The van der Waals surface area contributed by atoms with E-state index in [2.05, 4.69) is 15.9 Å². The molecule has 0 saturated heterocycles. The zero-order valence-corrected chi connectivity index (χ0v) is 12.2. The third-order valence-corrected chi connectivity index (χ3v) is 4.68. The average molecular weight is 319 g/mol. The Labute approximate surface area is 115 Å². The van der Waals surface area contributed by atoms with Gasteiger partial charge in [-0.05, 0) is 44.2 Å². The van der Waals surface area contributed by atoms with Crippen LogP contribution in [0, 0.1) is 18.6 Å². The van der Waals surface area contributed by atoms with Crippen molar-refractivity contribution >= 4 is 15.9 Å². The second-order valence-corrected chi connectivity index (χ2v) is 6.14. The van der Waals surface area contributed by atoms with Crippen LogP contribution in [0.2, 0.25) is 0 Å². The van der Waals surface area contributed by atoms with Gasteiger partial charge in [0.05, 0.1) is 5.60 Å². The first-order chi connectivity index (χ1) is 8.47. The molecule has 1 nitrogen and oxygen atoms in total. The average Bonchev–Trinajstić information content (AvgIpc) is 2.28. The van der Waals surface area contributed by atoms with Gasteiger partial charge in [0.15, 0.2) is 0 Å². The van der Waals surface area contributed by atoms with Crippen molar-refractivity contribution in [2.45, 2.75) is 43.0 Å². The molecule has 0 bridgehead atoms. The molecule has 0 amide bonds. The van der Waals surface area contributed by atoms with E-state index in [9.17, 15) is 8.78 Å². The topological polar surface area (TPSA) is 9.23 Å². The summed E-state index contributed by atoms with van der Waals surface area (Å²) in [7, 11) is 1.70. The van der Waals surface area contributed by atoms with Gasteiger partial charge >= 0.3 is 0 Å². The Morgan fingerprint density at radius 1 is 1.33 bits per heavy atom. The predicted molar refractivity (Wildman–Crippen MR) is 71.0 cm³/mol. The third kappa shape index (κ3) is 2.59. The van der Waals surface area contributed by atoms with Crippen LogP contribution in [0.25, 0.3) is 0 Å². The number of aryl methyl sites for hydroxylation is 1. The van der Waals surface area contributed by atoms with Crippen LogP contribution in [0.3, 0.4) is 0 Å². The van der Waals surface area contributed by atoms with Crippen molar-refractivity contribution in [1.29, 1.82) is 0 Å². The number of alkyl halides is 1. The highest BCUT2D eigenvalue weighted by Gasteiger charge is 2.39. The smallest absolute Gasteiger partial charge is 0.130 e. The van der Waals surface area contributed by atoms with Crippen molar-refractivity contribution in [2.75, 3.05) is 7.11 Å². The van der Waals surface area contributed by atoms with E-state index in [1.54, 1.807) is 20.1 Å². The van der Waals surface area contributed by atoms with Crippen LogP contribution < -0.4 is 0 Å². The maximum absolute atomic E-state index is 13.8. The van der Waals surface area contributed by atoms with Crippen LogP contribution in [-0.4, -0.2) is 12.7 Å². The standard InChI is InChI=1S/C14H17BrF2O/c1-9-6-10(13(17)7-12(9)16)11(15)8-14(18-2)4-3-5-14/h6-7,11H,3-5,8H2,1-2H3. The van der Waals surface area contributed by atoms with Crippen molar-refractivity contribution in [3.05, 3.63) is 34.9 Å². The molecule has 1 unspecified atom stereocenters. The molecular formula is C14H17BrF2O. The Morgan fingerprint density at radius 3 is 2.50 bits per heavy atom. The van der Waals surface area contributed by atoms with Gasteiger partial charge in [-0.1, -0.05) is 15.9 Å². The zero-order chi connectivity index (χ0) is 13.3. The molecule has 1 aromatic rings. The number of hydrogen-bond acceptors (Lipinski definition) is 1. The first kappa shape index (κ1) is 13.9. The van der Waals surface area contributed by atoms with Crippen molar-refractivity contribution in [1.82, 2.24) is 0 Å². The minimum Gasteiger partial charge on any atom is -0.378 e. The number of benzene rings is 1. The molecule has 1 aliphatic carbocycles. The van der Waals surface area contributed by atoms with Gasteiger partial charge in [-0.2, -0.15) is 0 Å². The molecule has 0 N–H and O–H groups in total. The monoisotopic (exact) mass is 318 g/mol. The quantitative estimate of drug-likeness (QED) is 0.733. The molecule has 0 spiro atoms. The maximum Gasteiger partial charge on any atom is 0.130 e. The summed E-state index contributed by atoms with van der Waals surface area (Å²) in [5, 5.41) is 0. The number of halogens is 3. The number of rotatable bonds is 4. The summed E-state index contributed by atoms with van der Waals surface area (Å²) in [6.45, 7) is 1.65. The van der Waals surface area contributed by atoms with Gasteiger partial charge in [-0.25, -0.2) is 8.78 Å². The summed E-state index contributed by atoms with van der Waals surface area (Å²) in [5.41, 5.74) is 0.844. The molecule has 1 aromatic carbocycles. The van der Waals surface area contributed by atoms with Crippen LogP contribution in [0.1, 0.15) is 41.6 Å². The molecule has 1 saturated carbocycles. The van der Waals surface area contributed by atoms with Crippen LogP contribution >= 0.6 is 15.9 Å². The van der Waals surface area contributed by atoms with Gasteiger partial charge in [0, 0.05) is 23.6 Å². The molecular weight excluding hydrogens is 302 g/mol. The van der Waals surface area contributed by atoms with Gasteiger partial charge in [0.2, 0.25) is 0 Å². The predicted octanol–water partition coefficient (Wildman–Crippen LogP) is 4.67. The molecule has 100 valence electrons. The zero-order valence-electron chi connectivity index (χ0n) is 10.6. The summed E-state index contributed by atoms with van der Waals surface area (Å²) < 4.78 is 32.5. The lowest BCUT2D eigenvalue weighted by Crippen LogP contribution is -2.39. The molecule has 0 aliphatic heterocycles. The molecule has 0 heterocycles. The molecule has 0 aromatic heterocycles. The van der Waals surface area contributed by atoms with Gasteiger partial charge in [-0.3, -0.25) is 0 Å². The van der Waals surface area contributed by atoms with E-state index in [0.717, 1.165) is 25.3 Å². The van der Waals surface area contributed by atoms with Crippen molar-refractivity contribution in [3.63, 3.8) is 0 Å². The molecule has 0 radical (unpaired) electrons. The first-order valence-electron chi connectivity index (χ1n) is 6.12. The maximum atomic E-state index is 13.8. The second kappa shape index (κ2) is 5.25. The van der Waals surface area contributed by atoms with E-state index in [0.29, 0.717) is 17.5 Å². The Bertz CT molecular complexity index is 438. The summed E-state index contributed by atoms with van der Waals surface area (Å²) in [5.74, 6) is -0.994. The van der Waals surface area contributed by atoms with E-state index in [4.69, 9.17) is 4.74 Å². The summed E-state index contributed by atoms with van der Waals surface area (Å²) in [6.07, 6.45) is 3.88. The molecule has 1 aliphatic rings. The van der Waals surface area contributed by atoms with E-state index in [-0.39, 0.29) is 10.4 Å². The largest absolute Gasteiger partial charge is 0.378 e. The SMILES string of the molecule is COC1(CC(Br)c2cc(C)c(F)cc2F)CCC1. The van der Waals surface area contributed by atoms with Gasteiger partial charge in [0.1, 0.15) is 11.6 Å². The van der Waals surface area contributed by atoms with E-state index in [1.165, 1.54) is 0 Å². The Hall–Kier alpha value is -0.480. The minimum absolute atomic E-state index is 0.136. The first-order valence-corrected chi connectivity index (χ1v) is 7.04. The van der Waals surface area contributed by atoms with Crippen LogP contribution in [0.4, 0.5) is 8.78 Å². The van der Waals surface area contributed by atoms with Gasteiger partial charge in [0.25, 0.3) is 0 Å². The molecule has 1 fully saturated rings. The van der Waals surface area contributed by atoms with Crippen LogP contribution in [0.15, 0.2) is 12.1 Å². The highest BCUT2D eigenvalue weighted by molar-refractivity contribution is 9.09. The third-order valence-electron chi connectivity index (χ3n) is 3.86. The summed E-state index contributed by atoms with van der Waals surface area (Å²) in [6, 6.07) is 2.53. The lowest BCUT2D eigenvalue weighted by molar-refractivity contribution is -0.0774. The minimum atomic E-state index is -0.499. The highest BCUT2D eigenvalue weighted by atomic mass is 79.9. The van der Waals surface area contributed by atoms with Gasteiger partial charge in [-0.15, -0.1) is 0 Å². The molecule has 1 atom stereocenters. The summed E-state index contributed by atoms with van der Waals surface area (Å²) in [4.78, 5) is -0.142. The van der Waals surface area contributed by atoms with Crippen LogP contribution in [-0.2, 0) is 4.74 Å². The fraction of sp³-hybridized carbons (Fsp3) is 0.571. The van der Waals surface area contributed by atoms with Crippen molar-refractivity contribution in [3.8, 4) is 0 Å². The summed E-state index contributed by atoms with van der Waals surface area (Å²) >= 11 is 3.50. The molecule has 2 rings (SSSR count). The highest BCUT2D eigenvalue weighted by Crippen LogP contribution is 2.45. The van der Waals surface area contributed by atoms with Gasteiger partial charge < -0.3 is 4.74 Å². The normalized spacial score (nSPS) is 19.4. The Balaban J connectivity index is 2.18. The number of methoxy groups -OCH3 is 1.